The molecule has 1 atom stereocenters. The highest BCUT2D eigenvalue weighted by atomic mass is 35.5. The van der Waals surface area contributed by atoms with Crippen molar-refractivity contribution in [3.8, 4) is 0 Å². The Bertz CT molecular complexity index is 535. The maximum Gasteiger partial charge on any atom is 0.335 e. The van der Waals surface area contributed by atoms with Crippen LogP contribution >= 0.6 is 11.6 Å². The molecule has 1 aromatic rings. The van der Waals surface area contributed by atoms with Gasteiger partial charge >= 0.3 is 5.97 Å². The van der Waals surface area contributed by atoms with Crippen LogP contribution in [0.5, 0.6) is 0 Å². The first kappa shape index (κ1) is 13.7. The average Bonchev–Trinajstić information content (AvgIpc) is 2.80. The number of halogens is 1. The highest BCUT2D eigenvalue weighted by Gasteiger charge is 2.48. The van der Waals surface area contributed by atoms with Gasteiger partial charge in [-0.05, 0) is 49.7 Å². The molecule has 3 heteroatoms. The molecule has 1 unspecified atom stereocenters. The molecule has 1 heterocycles. The Balaban J connectivity index is 2.07. The number of cyclic esters (lactones) is 1. The third-order valence-electron chi connectivity index (χ3n) is 4.37. The average molecular weight is 291 g/mol. The Morgan fingerprint density at radius 1 is 1.15 bits per heavy atom. The molecule has 0 bridgehead atoms. The zero-order valence-corrected chi connectivity index (χ0v) is 12.3. The van der Waals surface area contributed by atoms with Gasteiger partial charge in [0.2, 0.25) is 0 Å². The van der Waals surface area contributed by atoms with Gasteiger partial charge in [-0.15, -0.1) is 11.6 Å². The van der Waals surface area contributed by atoms with Crippen LogP contribution in [0.4, 0.5) is 0 Å². The van der Waals surface area contributed by atoms with Crippen LogP contribution in [0, 0.1) is 0 Å². The van der Waals surface area contributed by atoms with Crippen LogP contribution in [0.2, 0.25) is 0 Å². The molecule has 0 aromatic heterocycles. The molecule has 0 spiro atoms. The van der Waals surface area contributed by atoms with Crippen molar-refractivity contribution in [2.24, 2.45) is 0 Å². The number of rotatable bonds is 4. The molecule has 106 valence electrons. The molecule has 1 aliphatic heterocycles. The lowest BCUT2D eigenvalue weighted by molar-refractivity contribution is -0.148. The summed E-state index contributed by atoms with van der Waals surface area (Å²) in [4.78, 5) is 12.2. The molecular formula is C17H19ClO2. The van der Waals surface area contributed by atoms with Crippen LogP contribution in [-0.2, 0) is 15.1 Å². The largest absolute Gasteiger partial charge is 0.446 e. The summed E-state index contributed by atoms with van der Waals surface area (Å²) in [6.07, 6.45) is 5.70. The van der Waals surface area contributed by atoms with E-state index in [4.69, 9.17) is 16.3 Å². The van der Waals surface area contributed by atoms with Crippen molar-refractivity contribution < 1.29 is 9.53 Å². The number of carbonyl (C=O) groups is 1. The highest BCUT2D eigenvalue weighted by Crippen LogP contribution is 2.49. The zero-order chi connectivity index (χ0) is 14.0. The van der Waals surface area contributed by atoms with Gasteiger partial charge in [-0.3, -0.25) is 0 Å². The number of esters is 1. The van der Waals surface area contributed by atoms with E-state index in [0.29, 0.717) is 5.88 Å². The summed E-state index contributed by atoms with van der Waals surface area (Å²) in [5.74, 6) is 0.479. The van der Waals surface area contributed by atoms with E-state index in [-0.39, 0.29) is 5.97 Å². The quantitative estimate of drug-likeness (QED) is 0.609. The maximum atomic E-state index is 12.2. The molecule has 0 saturated heterocycles. The monoisotopic (exact) mass is 290 g/mol. The summed E-state index contributed by atoms with van der Waals surface area (Å²) in [5.41, 5.74) is 2.67. The van der Waals surface area contributed by atoms with E-state index < -0.39 is 5.60 Å². The van der Waals surface area contributed by atoms with Crippen molar-refractivity contribution in [3.63, 3.8) is 0 Å². The fraction of sp³-hybridized carbons (Fsp3) is 0.471. The van der Waals surface area contributed by atoms with Crippen molar-refractivity contribution in [2.45, 2.75) is 44.1 Å². The second-order valence-corrected chi connectivity index (χ2v) is 5.92. The van der Waals surface area contributed by atoms with E-state index >= 15 is 0 Å². The Morgan fingerprint density at radius 3 is 2.65 bits per heavy atom. The van der Waals surface area contributed by atoms with Gasteiger partial charge in [0.1, 0.15) is 0 Å². The Morgan fingerprint density at radius 2 is 1.90 bits per heavy atom. The third kappa shape index (κ3) is 2.16. The van der Waals surface area contributed by atoms with Gasteiger partial charge in [0.25, 0.3) is 0 Å². The zero-order valence-electron chi connectivity index (χ0n) is 11.5. The van der Waals surface area contributed by atoms with Gasteiger partial charge in [-0.1, -0.05) is 30.3 Å². The molecule has 0 N–H and O–H groups in total. The van der Waals surface area contributed by atoms with Gasteiger partial charge in [0.15, 0.2) is 5.60 Å². The first-order valence-electron chi connectivity index (χ1n) is 7.35. The van der Waals surface area contributed by atoms with E-state index in [2.05, 4.69) is 12.1 Å². The second kappa shape index (κ2) is 5.61. The van der Waals surface area contributed by atoms with Crippen LogP contribution in [-0.4, -0.2) is 11.8 Å². The normalized spacial score (nSPS) is 25.6. The summed E-state index contributed by atoms with van der Waals surface area (Å²) in [6, 6.07) is 10.1. The molecule has 3 rings (SSSR count). The Labute approximate surface area is 124 Å². The van der Waals surface area contributed by atoms with Crippen LogP contribution in [0.15, 0.2) is 41.5 Å². The molecule has 1 aromatic carbocycles. The molecule has 0 fully saturated rings. The van der Waals surface area contributed by atoms with Crippen molar-refractivity contribution in [1.29, 1.82) is 0 Å². The van der Waals surface area contributed by atoms with E-state index in [1.165, 1.54) is 5.57 Å². The molecule has 0 amide bonds. The molecular weight excluding hydrogens is 272 g/mol. The minimum Gasteiger partial charge on any atom is -0.446 e. The minimum atomic E-state index is -0.553. The van der Waals surface area contributed by atoms with E-state index in [0.717, 1.165) is 49.7 Å². The summed E-state index contributed by atoms with van der Waals surface area (Å²) in [5, 5.41) is 0. The van der Waals surface area contributed by atoms with Crippen molar-refractivity contribution in [1.82, 2.24) is 0 Å². The first-order valence-corrected chi connectivity index (χ1v) is 7.89. The van der Waals surface area contributed by atoms with E-state index in [9.17, 15) is 4.79 Å². The summed E-state index contributed by atoms with van der Waals surface area (Å²) in [7, 11) is 0. The summed E-state index contributed by atoms with van der Waals surface area (Å²) < 4.78 is 5.91. The maximum absolute atomic E-state index is 12.2. The minimum absolute atomic E-state index is 0.113. The van der Waals surface area contributed by atoms with E-state index in [1.807, 2.05) is 18.2 Å². The fourth-order valence-corrected chi connectivity index (χ4v) is 3.59. The molecule has 0 saturated carbocycles. The van der Waals surface area contributed by atoms with Gasteiger partial charge in [-0.25, -0.2) is 4.79 Å². The number of alkyl halides is 1. The van der Waals surface area contributed by atoms with Gasteiger partial charge < -0.3 is 4.74 Å². The second-order valence-electron chi connectivity index (χ2n) is 5.54. The standard InChI is InChI=1S/C17H19ClO2/c18-12-6-11-17(13-7-2-1-3-8-13)15-10-5-4-9-14(15)16(19)20-17/h1-3,7-8H,4-6,9-12H2. The predicted octanol–water partition coefficient (Wildman–Crippen LogP) is 4.33. The molecule has 2 aliphatic rings. The lowest BCUT2D eigenvalue weighted by Crippen LogP contribution is -2.30. The van der Waals surface area contributed by atoms with Crippen molar-refractivity contribution >= 4 is 17.6 Å². The summed E-state index contributed by atoms with van der Waals surface area (Å²) >= 11 is 5.88. The number of hydrogen-bond donors (Lipinski definition) is 0. The third-order valence-corrected chi connectivity index (χ3v) is 4.64. The smallest absolute Gasteiger partial charge is 0.335 e. The van der Waals surface area contributed by atoms with Gasteiger partial charge in [0.05, 0.1) is 0 Å². The Kier molecular flexibility index (Phi) is 3.84. The first-order chi connectivity index (χ1) is 9.78. The van der Waals surface area contributed by atoms with Crippen molar-refractivity contribution in [2.75, 3.05) is 5.88 Å². The number of carbonyl (C=O) groups excluding carboxylic acids is 1. The van der Waals surface area contributed by atoms with Crippen LogP contribution in [0.3, 0.4) is 0 Å². The topological polar surface area (TPSA) is 26.3 Å². The number of ether oxygens (including phenoxy) is 1. The van der Waals surface area contributed by atoms with Crippen LogP contribution in [0.25, 0.3) is 0 Å². The molecule has 1 aliphatic carbocycles. The van der Waals surface area contributed by atoms with E-state index in [1.54, 1.807) is 0 Å². The van der Waals surface area contributed by atoms with Gasteiger partial charge in [-0.2, -0.15) is 0 Å². The number of hydrogen-bond acceptors (Lipinski definition) is 2. The SMILES string of the molecule is O=C1OC(CCCCl)(c2ccccc2)C2=C1CCCC2. The lowest BCUT2D eigenvalue weighted by atomic mass is 9.77. The Hall–Kier alpha value is -1.28. The van der Waals surface area contributed by atoms with Crippen LogP contribution in [0.1, 0.15) is 44.1 Å². The molecule has 0 radical (unpaired) electrons. The van der Waals surface area contributed by atoms with Crippen LogP contribution < -0.4 is 0 Å². The van der Waals surface area contributed by atoms with Gasteiger partial charge in [0, 0.05) is 11.5 Å². The molecule has 2 nitrogen and oxygen atoms in total. The lowest BCUT2D eigenvalue weighted by Gasteiger charge is -2.32. The summed E-state index contributed by atoms with van der Waals surface area (Å²) in [6.45, 7) is 0. The van der Waals surface area contributed by atoms with Crippen molar-refractivity contribution in [3.05, 3.63) is 47.0 Å². The predicted molar refractivity (Wildman–Crippen MR) is 79.7 cm³/mol. The fourth-order valence-electron chi connectivity index (χ4n) is 3.46. The highest BCUT2D eigenvalue weighted by molar-refractivity contribution is 6.17. The number of benzene rings is 1. The molecule has 20 heavy (non-hydrogen) atoms.